The van der Waals surface area contributed by atoms with Gasteiger partial charge in [-0.05, 0) is 29.5 Å². The highest BCUT2D eigenvalue weighted by molar-refractivity contribution is 8.13. The zero-order valence-electron chi connectivity index (χ0n) is 14.0. The number of rotatable bonds is 2. The molecule has 0 radical (unpaired) electrons. The van der Waals surface area contributed by atoms with Gasteiger partial charge >= 0.3 is 0 Å². The largest absolute Gasteiger partial charge is 0.245 e. The molecular formula is C22H19NS2. The Hall–Kier alpha value is -1.97. The fraction of sp³-hybridized carbons (Fsp3) is 0.136. The molecule has 0 amide bonds. The van der Waals surface area contributed by atoms with Gasteiger partial charge in [0.25, 0.3) is 0 Å². The Balaban J connectivity index is 1.90. The van der Waals surface area contributed by atoms with Gasteiger partial charge in [0.05, 0.1) is 10.7 Å². The number of nitrogens with zero attached hydrogens (tertiary/aromatic N) is 1. The van der Waals surface area contributed by atoms with Crippen LogP contribution in [0, 0.1) is 0 Å². The van der Waals surface area contributed by atoms with Crippen LogP contribution in [0.3, 0.4) is 0 Å². The standard InChI is InChI=1S/C22H19NS2/c1-24-22-20(16-10-4-2-5-11-16)21(17-12-6-3-7-13-17)25-19-15-9-8-14-18(19)23-22/h2-15,20-21H,1H3/t20-,21+/m1/s1. The van der Waals surface area contributed by atoms with Crippen molar-refractivity contribution in [3.05, 3.63) is 96.1 Å². The van der Waals surface area contributed by atoms with Gasteiger partial charge in [0.2, 0.25) is 0 Å². The van der Waals surface area contributed by atoms with Crippen molar-refractivity contribution in [1.82, 2.24) is 0 Å². The summed E-state index contributed by atoms with van der Waals surface area (Å²) in [7, 11) is 0. The molecule has 2 atom stereocenters. The molecule has 0 unspecified atom stereocenters. The predicted molar refractivity (Wildman–Crippen MR) is 111 cm³/mol. The van der Waals surface area contributed by atoms with Crippen LogP contribution in [0.1, 0.15) is 22.3 Å². The van der Waals surface area contributed by atoms with Crippen LogP contribution in [-0.4, -0.2) is 11.3 Å². The van der Waals surface area contributed by atoms with Gasteiger partial charge in [-0.25, -0.2) is 4.99 Å². The second kappa shape index (κ2) is 7.51. The Labute approximate surface area is 157 Å². The molecule has 4 rings (SSSR count). The monoisotopic (exact) mass is 361 g/mol. The lowest BCUT2D eigenvalue weighted by atomic mass is 9.92. The molecule has 124 valence electrons. The maximum Gasteiger partial charge on any atom is 0.0826 e. The van der Waals surface area contributed by atoms with Crippen molar-refractivity contribution in [3.63, 3.8) is 0 Å². The van der Waals surface area contributed by atoms with Gasteiger partial charge in [-0.3, -0.25) is 0 Å². The number of benzene rings is 3. The SMILES string of the molecule is CSC1=Nc2ccccc2S[C@@H](c2ccccc2)[C@H]1c1ccccc1. The summed E-state index contributed by atoms with van der Waals surface area (Å²) in [5.41, 5.74) is 3.75. The van der Waals surface area contributed by atoms with E-state index in [0.717, 1.165) is 5.69 Å². The van der Waals surface area contributed by atoms with Crippen molar-refractivity contribution in [2.24, 2.45) is 4.99 Å². The maximum atomic E-state index is 5.05. The highest BCUT2D eigenvalue weighted by Gasteiger charge is 2.32. The molecule has 0 saturated heterocycles. The van der Waals surface area contributed by atoms with Crippen LogP contribution in [0.2, 0.25) is 0 Å². The minimum absolute atomic E-state index is 0.246. The Kier molecular flexibility index (Phi) is 4.95. The minimum atomic E-state index is 0.246. The highest BCUT2D eigenvalue weighted by atomic mass is 32.2. The first-order valence-electron chi connectivity index (χ1n) is 8.35. The molecule has 0 aliphatic carbocycles. The van der Waals surface area contributed by atoms with Crippen LogP contribution in [0.4, 0.5) is 5.69 Å². The van der Waals surface area contributed by atoms with Gasteiger partial charge < -0.3 is 0 Å². The van der Waals surface area contributed by atoms with Gasteiger partial charge in [-0.2, -0.15) is 0 Å². The van der Waals surface area contributed by atoms with E-state index in [1.54, 1.807) is 11.8 Å². The summed E-state index contributed by atoms with van der Waals surface area (Å²) in [6.07, 6.45) is 2.13. The van der Waals surface area contributed by atoms with E-state index in [4.69, 9.17) is 4.99 Å². The summed E-state index contributed by atoms with van der Waals surface area (Å²) in [5, 5.41) is 1.48. The van der Waals surface area contributed by atoms with Crippen molar-refractivity contribution in [2.75, 3.05) is 6.26 Å². The normalized spacial score (nSPS) is 19.6. The van der Waals surface area contributed by atoms with E-state index < -0.39 is 0 Å². The van der Waals surface area contributed by atoms with Gasteiger partial charge in [0.15, 0.2) is 0 Å². The van der Waals surface area contributed by atoms with E-state index in [-0.39, 0.29) is 5.92 Å². The second-order valence-corrected chi connectivity index (χ2v) is 7.97. The molecule has 1 nitrogen and oxygen atoms in total. The van der Waals surface area contributed by atoms with Crippen molar-refractivity contribution in [1.29, 1.82) is 0 Å². The van der Waals surface area contributed by atoms with Crippen LogP contribution >= 0.6 is 23.5 Å². The predicted octanol–water partition coefficient (Wildman–Crippen LogP) is 6.71. The van der Waals surface area contributed by atoms with Crippen LogP contribution in [-0.2, 0) is 0 Å². The summed E-state index contributed by atoms with van der Waals surface area (Å²) in [4.78, 5) is 6.30. The molecule has 3 heteroatoms. The number of aliphatic imine (C=N–C) groups is 1. The molecule has 1 aliphatic rings. The summed E-state index contributed by atoms with van der Waals surface area (Å²) in [6, 6.07) is 30.1. The summed E-state index contributed by atoms with van der Waals surface area (Å²) in [6.45, 7) is 0. The Morgan fingerprint density at radius 1 is 0.760 bits per heavy atom. The fourth-order valence-corrected chi connectivity index (χ4v) is 5.41. The molecule has 1 heterocycles. The van der Waals surface area contributed by atoms with Crippen LogP contribution < -0.4 is 0 Å². The zero-order valence-corrected chi connectivity index (χ0v) is 15.6. The first-order chi connectivity index (χ1) is 12.4. The molecule has 25 heavy (non-hydrogen) atoms. The molecule has 0 aromatic heterocycles. The molecule has 0 spiro atoms. The molecule has 0 saturated carbocycles. The lowest BCUT2D eigenvalue weighted by Gasteiger charge is -2.26. The van der Waals surface area contributed by atoms with Crippen LogP contribution in [0.15, 0.2) is 94.8 Å². The van der Waals surface area contributed by atoms with E-state index in [0.29, 0.717) is 5.25 Å². The number of fused-ring (bicyclic) bond motifs is 1. The Morgan fingerprint density at radius 2 is 1.36 bits per heavy atom. The second-order valence-electron chi connectivity index (χ2n) is 5.96. The van der Waals surface area contributed by atoms with E-state index in [9.17, 15) is 0 Å². The van der Waals surface area contributed by atoms with E-state index in [1.807, 2.05) is 11.8 Å². The van der Waals surface area contributed by atoms with Gasteiger partial charge in [0, 0.05) is 16.1 Å². The Morgan fingerprint density at radius 3 is 2.04 bits per heavy atom. The third-order valence-electron chi connectivity index (χ3n) is 4.41. The topological polar surface area (TPSA) is 12.4 Å². The van der Waals surface area contributed by atoms with Gasteiger partial charge in [-0.1, -0.05) is 72.8 Å². The average Bonchev–Trinajstić information content (AvgIpc) is 2.86. The quantitative estimate of drug-likeness (QED) is 0.503. The minimum Gasteiger partial charge on any atom is -0.245 e. The van der Waals surface area contributed by atoms with E-state index >= 15 is 0 Å². The molecule has 1 aliphatic heterocycles. The zero-order chi connectivity index (χ0) is 17.1. The lowest BCUT2D eigenvalue weighted by Crippen LogP contribution is -2.15. The average molecular weight is 362 g/mol. The number of hydrogen-bond acceptors (Lipinski definition) is 3. The van der Waals surface area contributed by atoms with Crippen molar-refractivity contribution in [3.8, 4) is 0 Å². The lowest BCUT2D eigenvalue weighted by molar-refractivity contribution is 0.867. The van der Waals surface area contributed by atoms with Gasteiger partial charge in [0.1, 0.15) is 0 Å². The van der Waals surface area contributed by atoms with Crippen molar-refractivity contribution >= 4 is 34.3 Å². The number of thioether (sulfide) groups is 2. The molecule has 3 aromatic carbocycles. The number of hydrogen-bond donors (Lipinski definition) is 0. The van der Waals surface area contributed by atoms with Crippen LogP contribution in [0.25, 0.3) is 0 Å². The fourth-order valence-electron chi connectivity index (χ4n) is 3.23. The van der Waals surface area contributed by atoms with Gasteiger partial charge in [-0.15, -0.1) is 23.5 Å². The van der Waals surface area contributed by atoms with Crippen molar-refractivity contribution in [2.45, 2.75) is 16.1 Å². The first-order valence-corrected chi connectivity index (χ1v) is 10.5. The molecule has 0 bridgehead atoms. The smallest absolute Gasteiger partial charge is 0.0826 e. The number of para-hydroxylation sites is 1. The van der Waals surface area contributed by atoms with E-state index in [2.05, 4.69) is 91.2 Å². The maximum absolute atomic E-state index is 5.05. The molecule has 0 N–H and O–H groups in total. The third kappa shape index (κ3) is 3.39. The summed E-state index contributed by atoms with van der Waals surface area (Å²) >= 11 is 3.69. The molecule has 0 fully saturated rings. The van der Waals surface area contributed by atoms with E-state index in [1.165, 1.54) is 21.1 Å². The third-order valence-corrected chi connectivity index (χ3v) is 6.58. The Bertz CT molecular complexity index is 875. The summed E-state index contributed by atoms with van der Waals surface area (Å²) < 4.78 is 0. The molecular weight excluding hydrogens is 342 g/mol. The first kappa shape index (κ1) is 16.5. The molecule has 3 aromatic rings. The van der Waals surface area contributed by atoms with Crippen molar-refractivity contribution < 1.29 is 0 Å². The summed E-state index contributed by atoms with van der Waals surface area (Å²) in [5.74, 6) is 0.246. The highest BCUT2D eigenvalue weighted by Crippen LogP contribution is 2.52. The van der Waals surface area contributed by atoms with Crippen LogP contribution in [0.5, 0.6) is 0 Å².